The van der Waals surface area contributed by atoms with E-state index in [0.717, 1.165) is 27.2 Å². The number of aromatic nitrogens is 1. The number of hydrogen-bond acceptors (Lipinski definition) is 4. The third kappa shape index (κ3) is 3.43. The lowest BCUT2D eigenvalue weighted by Crippen LogP contribution is -1.99. The van der Waals surface area contributed by atoms with Crippen LogP contribution in [0.15, 0.2) is 46.9 Å². The van der Waals surface area contributed by atoms with E-state index in [2.05, 4.69) is 44.4 Å². The van der Waals surface area contributed by atoms with Crippen LogP contribution in [0.4, 0.5) is 10.8 Å². The van der Waals surface area contributed by atoms with Gasteiger partial charge < -0.3 is 10.1 Å². The molecule has 0 saturated carbocycles. The number of methoxy groups -OCH3 is 1. The number of hydrogen-bond donors (Lipinski definition) is 1. The molecule has 1 N–H and O–H groups in total. The normalized spacial score (nSPS) is 11.0. The van der Waals surface area contributed by atoms with Gasteiger partial charge in [0.05, 0.1) is 16.8 Å². The molecule has 3 rings (SSSR count). The minimum Gasteiger partial charge on any atom is -0.384 e. The number of benzene rings is 2. The average molecular weight is 363 g/mol. The molecule has 108 valence electrons. The molecule has 0 saturated heterocycles. The summed E-state index contributed by atoms with van der Waals surface area (Å²) in [5.74, 6) is 0. The molecule has 0 amide bonds. The largest absolute Gasteiger partial charge is 0.384 e. The Morgan fingerprint density at radius 1 is 1.24 bits per heavy atom. The number of anilines is 2. The van der Waals surface area contributed by atoms with Crippen LogP contribution in [0.5, 0.6) is 0 Å². The minimum absolute atomic E-state index is 0.714. The highest BCUT2D eigenvalue weighted by molar-refractivity contribution is 9.10. The Morgan fingerprint density at radius 2 is 2.10 bits per heavy atom. The second kappa shape index (κ2) is 6.56. The van der Waals surface area contributed by atoms with E-state index < -0.39 is 0 Å². The van der Waals surface area contributed by atoms with E-state index in [0.29, 0.717) is 6.61 Å². The van der Waals surface area contributed by atoms with Crippen LogP contribution >= 0.6 is 27.3 Å². The summed E-state index contributed by atoms with van der Waals surface area (Å²) in [6.45, 7) is 0.714. The van der Waals surface area contributed by atoms with E-state index in [1.54, 1.807) is 18.4 Å². The van der Waals surface area contributed by atoms with Gasteiger partial charge in [-0.1, -0.05) is 45.5 Å². The van der Waals surface area contributed by atoms with E-state index in [1.165, 1.54) is 10.3 Å². The highest BCUT2D eigenvalue weighted by atomic mass is 79.9. The van der Waals surface area contributed by atoms with Gasteiger partial charge in [-0.05, 0) is 36.2 Å². The summed E-state index contributed by atoms with van der Waals surface area (Å²) in [5, 5.41) is 4.34. The fourth-order valence-corrected chi connectivity index (χ4v) is 3.35. The topological polar surface area (TPSA) is 34.1 Å². The molecule has 2 aromatic carbocycles. The van der Waals surface area contributed by atoms with Gasteiger partial charge in [0, 0.05) is 17.3 Å². The minimum atomic E-state index is 0.714. The molecule has 0 aliphatic heterocycles. The molecule has 5 heteroatoms. The summed E-state index contributed by atoms with van der Waals surface area (Å²) >= 11 is 5.14. The number of ether oxygens (including phenoxy) is 1. The number of para-hydroxylation sites is 1. The average Bonchev–Trinajstić information content (AvgIpc) is 2.87. The lowest BCUT2D eigenvalue weighted by atomic mass is 10.1. The standard InChI is InChI=1S/C16H15BrN2OS/c1-20-9-8-11-4-2-3-5-13(11)18-16-19-14-10-12(17)6-7-15(14)21-16/h2-7,10H,8-9H2,1H3,(H,18,19). The van der Waals surface area contributed by atoms with Crippen LogP contribution in [0.3, 0.4) is 0 Å². The highest BCUT2D eigenvalue weighted by Gasteiger charge is 2.07. The number of fused-ring (bicyclic) bond motifs is 1. The lowest BCUT2D eigenvalue weighted by Gasteiger charge is -2.09. The van der Waals surface area contributed by atoms with Crippen molar-refractivity contribution in [1.82, 2.24) is 4.98 Å². The zero-order chi connectivity index (χ0) is 14.7. The Balaban J connectivity index is 1.87. The molecule has 0 spiro atoms. The first-order valence-electron chi connectivity index (χ1n) is 6.66. The molecule has 0 aliphatic carbocycles. The number of thiazole rings is 1. The molecular formula is C16H15BrN2OS. The third-order valence-electron chi connectivity index (χ3n) is 3.18. The number of rotatable bonds is 5. The summed E-state index contributed by atoms with van der Waals surface area (Å²) in [7, 11) is 1.72. The molecule has 0 unspecified atom stereocenters. The molecule has 21 heavy (non-hydrogen) atoms. The Hall–Kier alpha value is -1.43. The number of halogens is 1. The monoisotopic (exact) mass is 362 g/mol. The third-order valence-corrected chi connectivity index (χ3v) is 4.63. The maximum atomic E-state index is 5.17. The Labute approximate surface area is 136 Å². The van der Waals surface area contributed by atoms with E-state index in [-0.39, 0.29) is 0 Å². The van der Waals surface area contributed by atoms with E-state index in [9.17, 15) is 0 Å². The van der Waals surface area contributed by atoms with Crippen molar-refractivity contribution in [3.63, 3.8) is 0 Å². The van der Waals surface area contributed by atoms with Gasteiger partial charge >= 0.3 is 0 Å². The molecule has 1 heterocycles. The molecule has 0 bridgehead atoms. The van der Waals surface area contributed by atoms with Gasteiger partial charge in [-0.25, -0.2) is 4.98 Å². The van der Waals surface area contributed by atoms with Crippen LogP contribution in [0.25, 0.3) is 10.2 Å². The quantitative estimate of drug-likeness (QED) is 0.693. The maximum absolute atomic E-state index is 5.17. The molecule has 3 aromatic rings. The summed E-state index contributed by atoms with van der Waals surface area (Å²) in [6, 6.07) is 14.4. The van der Waals surface area contributed by atoms with Gasteiger partial charge in [-0.15, -0.1) is 0 Å². The molecule has 3 nitrogen and oxygen atoms in total. The molecule has 0 atom stereocenters. The smallest absolute Gasteiger partial charge is 0.188 e. The van der Waals surface area contributed by atoms with Gasteiger partial charge in [-0.2, -0.15) is 0 Å². The SMILES string of the molecule is COCCc1ccccc1Nc1nc2cc(Br)ccc2s1. The zero-order valence-electron chi connectivity index (χ0n) is 11.6. The second-order valence-corrected chi connectivity index (χ2v) is 6.60. The summed E-state index contributed by atoms with van der Waals surface area (Å²) in [4.78, 5) is 4.64. The van der Waals surface area contributed by atoms with Gasteiger partial charge in [-0.3, -0.25) is 0 Å². The molecule has 0 radical (unpaired) electrons. The van der Waals surface area contributed by atoms with Gasteiger partial charge in [0.15, 0.2) is 5.13 Å². The van der Waals surface area contributed by atoms with Crippen molar-refractivity contribution in [2.24, 2.45) is 0 Å². The van der Waals surface area contributed by atoms with Crippen molar-refractivity contribution in [2.45, 2.75) is 6.42 Å². The molecule has 0 fully saturated rings. The van der Waals surface area contributed by atoms with E-state index in [4.69, 9.17) is 4.74 Å². The predicted octanol–water partition coefficient (Wildman–Crippen LogP) is 4.99. The predicted molar refractivity (Wildman–Crippen MR) is 92.6 cm³/mol. The van der Waals surface area contributed by atoms with Crippen LogP contribution in [-0.2, 0) is 11.2 Å². The number of nitrogens with one attached hydrogen (secondary N) is 1. The van der Waals surface area contributed by atoms with Crippen LogP contribution in [-0.4, -0.2) is 18.7 Å². The lowest BCUT2D eigenvalue weighted by molar-refractivity contribution is 0.202. The first-order chi connectivity index (χ1) is 10.3. The van der Waals surface area contributed by atoms with Gasteiger partial charge in [0.2, 0.25) is 0 Å². The molecule has 1 aromatic heterocycles. The van der Waals surface area contributed by atoms with Gasteiger partial charge in [0.1, 0.15) is 0 Å². The molecular weight excluding hydrogens is 348 g/mol. The van der Waals surface area contributed by atoms with Crippen LogP contribution < -0.4 is 5.32 Å². The van der Waals surface area contributed by atoms with Crippen LogP contribution in [0, 0.1) is 0 Å². The first-order valence-corrected chi connectivity index (χ1v) is 8.27. The summed E-state index contributed by atoms with van der Waals surface area (Å²) in [5.41, 5.74) is 3.33. The van der Waals surface area contributed by atoms with E-state index >= 15 is 0 Å². The second-order valence-electron chi connectivity index (χ2n) is 4.66. The van der Waals surface area contributed by atoms with Crippen molar-refractivity contribution >= 4 is 48.3 Å². The van der Waals surface area contributed by atoms with Crippen LogP contribution in [0.1, 0.15) is 5.56 Å². The van der Waals surface area contributed by atoms with Crippen LogP contribution in [0.2, 0.25) is 0 Å². The number of nitrogens with zero attached hydrogens (tertiary/aromatic N) is 1. The Bertz CT molecular complexity index is 757. The molecule has 0 aliphatic rings. The summed E-state index contributed by atoms with van der Waals surface area (Å²) in [6.07, 6.45) is 0.885. The Morgan fingerprint density at radius 3 is 2.95 bits per heavy atom. The van der Waals surface area contributed by atoms with Crippen molar-refractivity contribution in [3.05, 3.63) is 52.5 Å². The zero-order valence-corrected chi connectivity index (χ0v) is 14.0. The fraction of sp³-hybridized carbons (Fsp3) is 0.188. The maximum Gasteiger partial charge on any atom is 0.188 e. The first kappa shape index (κ1) is 14.5. The Kier molecular flexibility index (Phi) is 4.53. The van der Waals surface area contributed by atoms with Crippen molar-refractivity contribution in [3.8, 4) is 0 Å². The van der Waals surface area contributed by atoms with Crippen molar-refractivity contribution in [1.29, 1.82) is 0 Å². The summed E-state index contributed by atoms with van der Waals surface area (Å²) < 4.78 is 7.39. The van der Waals surface area contributed by atoms with Crippen molar-refractivity contribution in [2.75, 3.05) is 19.0 Å². The van der Waals surface area contributed by atoms with Gasteiger partial charge in [0.25, 0.3) is 0 Å². The highest BCUT2D eigenvalue weighted by Crippen LogP contribution is 2.31. The van der Waals surface area contributed by atoms with Crippen molar-refractivity contribution < 1.29 is 4.74 Å². The fourth-order valence-electron chi connectivity index (χ4n) is 2.14. The van der Waals surface area contributed by atoms with E-state index in [1.807, 2.05) is 24.3 Å².